The van der Waals surface area contributed by atoms with Gasteiger partial charge in [0.05, 0.1) is 21.7 Å². The second-order valence-electron chi connectivity index (χ2n) is 6.61. The van der Waals surface area contributed by atoms with Gasteiger partial charge in [0.2, 0.25) is 0 Å². The van der Waals surface area contributed by atoms with Crippen LogP contribution in [0.15, 0.2) is 83.9 Å². The predicted octanol–water partition coefficient (Wildman–Crippen LogP) is 5.59. The lowest BCUT2D eigenvalue weighted by Crippen LogP contribution is -2.18. The van der Waals surface area contributed by atoms with Crippen LogP contribution in [-0.2, 0) is 10.0 Å². The molecule has 0 atom stereocenters. The van der Waals surface area contributed by atoms with Crippen LogP contribution in [0.2, 0.25) is 10.0 Å². The van der Waals surface area contributed by atoms with Gasteiger partial charge in [-0.05, 0) is 66.7 Å². The molecule has 0 saturated carbocycles. The van der Waals surface area contributed by atoms with Crippen molar-refractivity contribution in [2.24, 2.45) is 0 Å². The van der Waals surface area contributed by atoms with E-state index >= 15 is 0 Å². The normalized spacial score (nSPS) is 11.3. The fourth-order valence-electron chi connectivity index (χ4n) is 2.96. The molecular formula is C22H15Cl2N3O3S. The monoisotopic (exact) mass is 471 g/mol. The van der Waals surface area contributed by atoms with Gasteiger partial charge in [0, 0.05) is 27.3 Å². The van der Waals surface area contributed by atoms with E-state index in [0.29, 0.717) is 15.7 Å². The number of sulfonamides is 1. The minimum absolute atomic E-state index is 0.0141. The Morgan fingerprint density at radius 2 is 1.61 bits per heavy atom. The second-order valence-corrected chi connectivity index (χ2v) is 9.17. The molecule has 0 unspecified atom stereocenters. The largest absolute Gasteiger partial charge is 0.322 e. The number of carbonyl (C=O) groups excluding carboxylic acids is 1. The summed E-state index contributed by atoms with van der Waals surface area (Å²) in [5.41, 5.74) is 1.51. The fraction of sp³-hybridized carbons (Fsp3) is 0. The average Bonchev–Trinajstić information content (AvgIpc) is 2.75. The zero-order valence-corrected chi connectivity index (χ0v) is 18.2. The number of hydrogen-bond donors (Lipinski definition) is 2. The molecule has 0 aliphatic carbocycles. The van der Waals surface area contributed by atoms with Crippen molar-refractivity contribution < 1.29 is 13.2 Å². The number of pyridine rings is 1. The van der Waals surface area contributed by atoms with Crippen molar-refractivity contribution in [3.05, 3.63) is 94.6 Å². The van der Waals surface area contributed by atoms with Gasteiger partial charge in [-0.25, -0.2) is 8.42 Å². The van der Waals surface area contributed by atoms with E-state index in [4.69, 9.17) is 23.2 Å². The molecule has 0 fully saturated rings. The molecule has 1 heterocycles. The molecule has 0 bridgehead atoms. The van der Waals surface area contributed by atoms with E-state index < -0.39 is 15.9 Å². The Morgan fingerprint density at radius 1 is 0.871 bits per heavy atom. The van der Waals surface area contributed by atoms with Gasteiger partial charge in [-0.1, -0.05) is 29.3 Å². The van der Waals surface area contributed by atoms with Crippen molar-refractivity contribution in [3.63, 3.8) is 0 Å². The van der Waals surface area contributed by atoms with Crippen LogP contribution in [0.5, 0.6) is 0 Å². The number of carbonyl (C=O) groups is 1. The van der Waals surface area contributed by atoms with E-state index in [1.165, 1.54) is 42.5 Å². The summed E-state index contributed by atoms with van der Waals surface area (Å²) in [4.78, 5) is 17.2. The average molecular weight is 472 g/mol. The molecule has 0 spiro atoms. The third-order valence-electron chi connectivity index (χ3n) is 4.46. The summed E-state index contributed by atoms with van der Waals surface area (Å²) in [6, 6.07) is 19.0. The van der Waals surface area contributed by atoms with Gasteiger partial charge in [0.1, 0.15) is 0 Å². The van der Waals surface area contributed by atoms with E-state index in [0.717, 1.165) is 10.9 Å². The van der Waals surface area contributed by atoms with Crippen molar-refractivity contribution in [2.45, 2.75) is 4.90 Å². The van der Waals surface area contributed by atoms with Crippen molar-refractivity contribution in [1.29, 1.82) is 0 Å². The Morgan fingerprint density at radius 3 is 2.39 bits per heavy atom. The summed E-state index contributed by atoms with van der Waals surface area (Å²) in [6.45, 7) is 0. The maximum atomic E-state index is 13.0. The third-order valence-corrected chi connectivity index (χ3v) is 6.32. The summed E-state index contributed by atoms with van der Waals surface area (Å²) < 4.78 is 27.9. The van der Waals surface area contributed by atoms with Crippen LogP contribution < -0.4 is 10.0 Å². The first-order chi connectivity index (χ1) is 14.8. The highest BCUT2D eigenvalue weighted by Gasteiger charge is 2.19. The van der Waals surface area contributed by atoms with E-state index in [-0.39, 0.29) is 16.1 Å². The van der Waals surface area contributed by atoms with E-state index in [9.17, 15) is 13.2 Å². The maximum absolute atomic E-state index is 13.0. The number of benzene rings is 3. The van der Waals surface area contributed by atoms with Crippen LogP contribution in [0.1, 0.15) is 10.4 Å². The fourth-order valence-corrected chi connectivity index (χ4v) is 4.34. The van der Waals surface area contributed by atoms with Gasteiger partial charge in [-0.2, -0.15) is 0 Å². The zero-order valence-electron chi connectivity index (χ0n) is 15.8. The smallest absolute Gasteiger partial charge is 0.261 e. The molecule has 156 valence electrons. The Kier molecular flexibility index (Phi) is 5.82. The lowest BCUT2D eigenvalue weighted by Gasteiger charge is -2.14. The highest BCUT2D eigenvalue weighted by Crippen LogP contribution is 2.26. The summed E-state index contributed by atoms with van der Waals surface area (Å²) in [5, 5.41) is 4.34. The molecule has 0 radical (unpaired) electrons. The van der Waals surface area contributed by atoms with Gasteiger partial charge in [-0.3, -0.25) is 14.5 Å². The molecule has 4 rings (SSSR count). The van der Waals surface area contributed by atoms with Crippen LogP contribution in [0.3, 0.4) is 0 Å². The Labute approximate surface area is 188 Å². The van der Waals surface area contributed by atoms with Crippen LogP contribution in [0.4, 0.5) is 11.4 Å². The molecule has 1 amide bonds. The third kappa shape index (κ3) is 4.80. The van der Waals surface area contributed by atoms with Crippen LogP contribution in [0.25, 0.3) is 10.9 Å². The topological polar surface area (TPSA) is 88.2 Å². The molecule has 2 N–H and O–H groups in total. The Hall–Kier alpha value is -3.13. The number of hydrogen-bond acceptors (Lipinski definition) is 4. The molecule has 3 aromatic carbocycles. The van der Waals surface area contributed by atoms with Crippen molar-refractivity contribution in [3.8, 4) is 0 Å². The molecule has 1 aromatic heterocycles. The van der Waals surface area contributed by atoms with Gasteiger partial charge >= 0.3 is 0 Å². The van der Waals surface area contributed by atoms with Gasteiger partial charge in [0.15, 0.2) is 0 Å². The maximum Gasteiger partial charge on any atom is 0.261 e. The molecule has 4 aromatic rings. The number of nitrogens with one attached hydrogen (secondary N) is 2. The minimum Gasteiger partial charge on any atom is -0.322 e. The molecular weight excluding hydrogens is 457 g/mol. The van der Waals surface area contributed by atoms with Gasteiger partial charge in [0.25, 0.3) is 15.9 Å². The number of fused-ring (bicyclic) bond motifs is 1. The standard InChI is InChI=1S/C22H15Cl2N3O3S/c23-15-3-7-18(8-4-15)31(29,30)27-21-9-5-16(24)13-19(21)22(28)26-17-6-10-20-14(12-17)2-1-11-25-20/h1-13,27H,(H,26,28). The lowest BCUT2D eigenvalue weighted by atomic mass is 10.1. The second kappa shape index (κ2) is 8.55. The van der Waals surface area contributed by atoms with E-state index in [1.54, 1.807) is 30.5 Å². The first kappa shape index (κ1) is 21.1. The van der Waals surface area contributed by atoms with Crippen molar-refractivity contribution >= 4 is 61.4 Å². The van der Waals surface area contributed by atoms with Crippen molar-refractivity contribution in [2.75, 3.05) is 10.0 Å². The Balaban J connectivity index is 1.64. The predicted molar refractivity (Wildman–Crippen MR) is 123 cm³/mol. The first-order valence-corrected chi connectivity index (χ1v) is 11.3. The SMILES string of the molecule is O=C(Nc1ccc2ncccc2c1)c1cc(Cl)ccc1NS(=O)(=O)c1ccc(Cl)cc1. The summed E-state index contributed by atoms with van der Waals surface area (Å²) >= 11 is 11.9. The molecule has 0 aliphatic rings. The summed E-state index contributed by atoms with van der Waals surface area (Å²) in [5.74, 6) is -0.514. The highest BCUT2D eigenvalue weighted by molar-refractivity contribution is 7.92. The van der Waals surface area contributed by atoms with E-state index in [1.807, 2.05) is 6.07 Å². The summed E-state index contributed by atoms with van der Waals surface area (Å²) in [6.07, 6.45) is 1.69. The first-order valence-electron chi connectivity index (χ1n) is 9.06. The van der Waals surface area contributed by atoms with Crippen LogP contribution in [-0.4, -0.2) is 19.3 Å². The number of nitrogens with zero attached hydrogens (tertiary/aromatic N) is 1. The number of rotatable bonds is 5. The highest BCUT2D eigenvalue weighted by atomic mass is 35.5. The zero-order chi connectivity index (χ0) is 22.0. The van der Waals surface area contributed by atoms with Crippen LogP contribution >= 0.6 is 23.2 Å². The molecule has 0 aliphatic heterocycles. The lowest BCUT2D eigenvalue weighted by molar-refractivity contribution is 0.102. The summed E-state index contributed by atoms with van der Waals surface area (Å²) in [7, 11) is -3.94. The molecule has 9 heteroatoms. The number of anilines is 2. The van der Waals surface area contributed by atoms with Crippen molar-refractivity contribution in [1.82, 2.24) is 4.98 Å². The van der Waals surface area contributed by atoms with Gasteiger partial charge in [-0.15, -0.1) is 0 Å². The molecule has 31 heavy (non-hydrogen) atoms. The quantitative estimate of drug-likeness (QED) is 0.396. The number of aromatic nitrogens is 1. The molecule has 0 saturated heterocycles. The Bertz CT molecular complexity index is 1390. The van der Waals surface area contributed by atoms with Gasteiger partial charge < -0.3 is 5.32 Å². The molecule has 6 nitrogen and oxygen atoms in total. The minimum atomic E-state index is -3.94. The van der Waals surface area contributed by atoms with Crippen LogP contribution in [0, 0.1) is 0 Å². The van der Waals surface area contributed by atoms with E-state index in [2.05, 4.69) is 15.0 Å². The number of amides is 1. The number of halogens is 2.